The van der Waals surface area contributed by atoms with Crippen LogP contribution in [0, 0.1) is 11.6 Å². The first-order valence-corrected chi connectivity index (χ1v) is 16.0. The van der Waals surface area contributed by atoms with Crippen LogP contribution in [-0.4, -0.2) is 73.5 Å². The lowest BCUT2D eigenvalue weighted by Gasteiger charge is -2.42. The zero-order chi connectivity index (χ0) is 28.3. The van der Waals surface area contributed by atoms with Gasteiger partial charge in [0.05, 0.1) is 17.0 Å². The van der Waals surface area contributed by atoms with Crippen LogP contribution in [-0.2, 0) is 14.8 Å². The summed E-state index contributed by atoms with van der Waals surface area (Å²) in [6, 6.07) is 8.30. The largest absolute Gasteiger partial charge is 0.448 e. The second-order valence-electron chi connectivity index (χ2n) is 10.9. The highest BCUT2D eigenvalue weighted by Gasteiger charge is 2.42. The number of nitrogens with zero attached hydrogens (tertiary/aromatic N) is 3. The zero-order valence-corrected chi connectivity index (χ0v) is 24.1. The van der Waals surface area contributed by atoms with Gasteiger partial charge in [-0.15, -0.1) is 0 Å². The Bertz CT molecular complexity index is 1280. The predicted octanol–water partition coefficient (Wildman–Crippen LogP) is 5.99. The molecule has 11 heteroatoms. The first-order chi connectivity index (χ1) is 19.3. The van der Waals surface area contributed by atoms with E-state index in [0.29, 0.717) is 43.4 Å². The van der Waals surface area contributed by atoms with Gasteiger partial charge in [0, 0.05) is 29.7 Å². The molecule has 2 aromatic carbocycles. The van der Waals surface area contributed by atoms with Gasteiger partial charge in [-0.1, -0.05) is 30.2 Å². The molecule has 218 valence electrons. The third-order valence-electron chi connectivity index (χ3n) is 8.44. The van der Waals surface area contributed by atoms with Crippen molar-refractivity contribution in [3.05, 3.63) is 64.7 Å². The van der Waals surface area contributed by atoms with Crippen LogP contribution >= 0.6 is 11.6 Å². The summed E-state index contributed by atoms with van der Waals surface area (Å²) in [4.78, 5) is 17.2. The van der Waals surface area contributed by atoms with E-state index in [1.54, 1.807) is 4.90 Å². The molecule has 0 radical (unpaired) electrons. The van der Waals surface area contributed by atoms with Gasteiger partial charge in [-0.25, -0.2) is 22.0 Å². The number of hydrogen-bond donors (Lipinski definition) is 0. The second-order valence-corrected chi connectivity index (χ2v) is 13.2. The Kier molecular flexibility index (Phi) is 9.29. The van der Waals surface area contributed by atoms with E-state index in [1.807, 2.05) is 0 Å². The lowest BCUT2D eigenvalue weighted by Crippen LogP contribution is -2.50. The molecule has 7 nitrogen and oxygen atoms in total. The van der Waals surface area contributed by atoms with E-state index in [9.17, 15) is 22.0 Å². The molecule has 3 aliphatic rings. The fourth-order valence-electron chi connectivity index (χ4n) is 6.33. The number of benzene rings is 2. The highest BCUT2D eigenvalue weighted by atomic mass is 35.5. The molecule has 0 aromatic heterocycles. The third-order valence-corrected chi connectivity index (χ3v) is 10.7. The van der Waals surface area contributed by atoms with E-state index in [-0.39, 0.29) is 17.1 Å². The molecule has 0 bridgehead atoms. The topological polar surface area (TPSA) is 70.2 Å². The number of likely N-dealkylation sites (tertiary alicyclic amines) is 2. The van der Waals surface area contributed by atoms with E-state index < -0.39 is 39.8 Å². The predicted molar refractivity (Wildman–Crippen MR) is 149 cm³/mol. The Balaban J connectivity index is 1.32. The molecule has 0 N–H and O–H groups in total. The molecule has 3 aliphatic heterocycles. The number of hydrogen-bond acceptors (Lipinski definition) is 5. The summed E-state index contributed by atoms with van der Waals surface area (Å²) in [7, 11) is -4.17. The Morgan fingerprint density at radius 1 is 0.900 bits per heavy atom. The van der Waals surface area contributed by atoms with Crippen molar-refractivity contribution in [2.24, 2.45) is 0 Å². The molecule has 0 unspecified atom stereocenters. The monoisotopic (exact) mass is 595 g/mol. The minimum absolute atomic E-state index is 0.0169. The standard InChI is InChI=1S/C29H36ClF2N3O4S/c30-21-10-12-24(13-11-21)40(37,38)35-23(6-4-9-27(35)25-7-5-8-26(31)28(25)32)20-39-29(36)34-18-14-22(15-19-34)33-16-2-1-3-17-33/h5,7-8,10-13,22-23,27H,1-4,6,9,14-20H2/t23-,27+/m1/s1. The number of halogens is 3. The molecule has 0 spiro atoms. The van der Waals surface area contributed by atoms with Crippen LogP contribution in [0.25, 0.3) is 0 Å². The number of rotatable bonds is 6. The first kappa shape index (κ1) is 29.2. The Labute approximate surface area is 240 Å². The van der Waals surface area contributed by atoms with Gasteiger partial charge in [-0.3, -0.25) is 0 Å². The lowest BCUT2D eigenvalue weighted by molar-refractivity contribution is 0.0446. The van der Waals surface area contributed by atoms with Gasteiger partial charge in [-0.2, -0.15) is 4.31 Å². The van der Waals surface area contributed by atoms with Crippen LogP contribution < -0.4 is 0 Å². The SMILES string of the molecule is O=C(OC[C@H]1CCC[C@@H](c2cccc(F)c2F)N1S(=O)(=O)c1ccc(Cl)cc1)N1CCC(N2CCCCC2)CC1. The van der Waals surface area contributed by atoms with Crippen LogP contribution in [0.15, 0.2) is 47.4 Å². The molecule has 3 saturated heterocycles. The molecule has 40 heavy (non-hydrogen) atoms. The van der Waals surface area contributed by atoms with Crippen molar-refractivity contribution in [3.63, 3.8) is 0 Å². The van der Waals surface area contributed by atoms with Crippen LogP contribution in [0.4, 0.5) is 13.6 Å². The minimum atomic E-state index is -4.17. The molecule has 3 fully saturated rings. The van der Waals surface area contributed by atoms with Crippen molar-refractivity contribution in [1.29, 1.82) is 0 Å². The Morgan fingerprint density at radius 3 is 2.30 bits per heavy atom. The lowest BCUT2D eigenvalue weighted by atomic mass is 9.93. The van der Waals surface area contributed by atoms with Gasteiger partial charge in [-0.05, 0) is 88.4 Å². The van der Waals surface area contributed by atoms with E-state index >= 15 is 0 Å². The van der Waals surface area contributed by atoms with E-state index in [1.165, 1.54) is 60.0 Å². The van der Waals surface area contributed by atoms with Gasteiger partial charge in [0.2, 0.25) is 10.0 Å². The Hall–Kier alpha value is -2.27. The van der Waals surface area contributed by atoms with Crippen LogP contribution in [0.3, 0.4) is 0 Å². The molecule has 2 aromatic rings. The van der Waals surface area contributed by atoms with Crippen molar-refractivity contribution in [2.45, 2.75) is 74.4 Å². The molecule has 3 heterocycles. The summed E-state index contributed by atoms with van der Waals surface area (Å²) in [5.41, 5.74) is -0.0339. The van der Waals surface area contributed by atoms with Gasteiger partial charge >= 0.3 is 6.09 Å². The number of piperidine rings is 3. The van der Waals surface area contributed by atoms with E-state index in [4.69, 9.17) is 16.3 Å². The smallest absolute Gasteiger partial charge is 0.409 e. The Morgan fingerprint density at radius 2 is 1.60 bits per heavy atom. The van der Waals surface area contributed by atoms with Crippen molar-refractivity contribution in [3.8, 4) is 0 Å². The summed E-state index contributed by atoms with van der Waals surface area (Å²) in [6.07, 6.45) is 6.31. The van der Waals surface area contributed by atoms with Gasteiger partial charge in [0.25, 0.3) is 0 Å². The second kappa shape index (κ2) is 12.7. The van der Waals surface area contributed by atoms with Gasteiger partial charge < -0.3 is 14.5 Å². The summed E-state index contributed by atoms with van der Waals surface area (Å²) >= 11 is 5.99. The van der Waals surface area contributed by atoms with Gasteiger partial charge in [0.15, 0.2) is 11.6 Å². The molecule has 0 saturated carbocycles. The van der Waals surface area contributed by atoms with Crippen molar-refractivity contribution in [1.82, 2.24) is 14.1 Å². The molecular weight excluding hydrogens is 560 g/mol. The first-order valence-electron chi connectivity index (χ1n) is 14.1. The number of carbonyl (C=O) groups is 1. The molecule has 5 rings (SSSR count). The maximum atomic E-state index is 14.9. The summed E-state index contributed by atoms with van der Waals surface area (Å²) in [5.74, 6) is -2.11. The van der Waals surface area contributed by atoms with Crippen molar-refractivity contribution in [2.75, 3.05) is 32.8 Å². The van der Waals surface area contributed by atoms with Crippen molar-refractivity contribution >= 4 is 27.7 Å². The zero-order valence-electron chi connectivity index (χ0n) is 22.5. The summed E-state index contributed by atoms with van der Waals surface area (Å²) in [5, 5.41) is 0.375. The highest BCUT2D eigenvalue weighted by Crippen LogP contribution is 2.40. The normalized spacial score (nSPS) is 23.7. The number of carbonyl (C=O) groups excluding carboxylic acids is 1. The number of amides is 1. The molecule has 1 amide bonds. The molecular formula is C29H36ClF2N3O4S. The van der Waals surface area contributed by atoms with E-state index in [2.05, 4.69) is 4.90 Å². The third kappa shape index (κ3) is 6.30. The van der Waals surface area contributed by atoms with Gasteiger partial charge in [0.1, 0.15) is 6.61 Å². The maximum absolute atomic E-state index is 14.9. The average molecular weight is 596 g/mol. The number of ether oxygens (including phenoxy) is 1. The fourth-order valence-corrected chi connectivity index (χ4v) is 8.29. The van der Waals surface area contributed by atoms with Crippen LogP contribution in [0.1, 0.15) is 63.0 Å². The minimum Gasteiger partial charge on any atom is -0.448 e. The average Bonchev–Trinajstić information content (AvgIpc) is 2.98. The maximum Gasteiger partial charge on any atom is 0.409 e. The summed E-state index contributed by atoms with van der Waals surface area (Å²) < 4.78 is 63.9. The molecule has 2 atom stereocenters. The fraction of sp³-hybridized carbons (Fsp3) is 0.552. The molecule has 0 aliphatic carbocycles. The summed E-state index contributed by atoms with van der Waals surface area (Å²) in [6.45, 7) is 3.23. The van der Waals surface area contributed by atoms with Crippen LogP contribution in [0.5, 0.6) is 0 Å². The van der Waals surface area contributed by atoms with Crippen molar-refractivity contribution < 1.29 is 26.7 Å². The highest BCUT2D eigenvalue weighted by molar-refractivity contribution is 7.89. The van der Waals surface area contributed by atoms with Crippen LogP contribution in [0.2, 0.25) is 5.02 Å². The quantitative estimate of drug-likeness (QED) is 0.410. The van der Waals surface area contributed by atoms with E-state index in [0.717, 1.165) is 32.0 Å². The number of sulfonamides is 1.